The third-order valence-corrected chi connectivity index (χ3v) is 7.68. The Labute approximate surface area is 148 Å². The number of nitrogens with zero attached hydrogens (tertiary/aromatic N) is 2. The van der Waals surface area contributed by atoms with Gasteiger partial charge < -0.3 is 10.6 Å². The summed E-state index contributed by atoms with van der Waals surface area (Å²) >= 11 is 1.85. The fourth-order valence-electron chi connectivity index (χ4n) is 3.29. The monoisotopic (exact) mass is 370 g/mol. The van der Waals surface area contributed by atoms with E-state index in [1.807, 2.05) is 11.3 Å². The zero-order valence-electron chi connectivity index (χ0n) is 14.2. The maximum Gasteiger partial charge on any atom is 0.190 e. The molecular formula is C16H26N4O2S2. The Balaban J connectivity index is 1.41. The molecule has 6 nitrogen and oxygen atoms in total. The number of thiazole rings is 1. The molecule has 0 amide bonds. The minimum Gasteiger partial charge on any atom is -0.356 e. The first kappa shape index (κ1) is 17.7. The van der Waals surface area contributed by atoms with Crippen molar-refractivity contribution >= 4 is 27.1 Å². The topological polar surface area (TPSA) is 83.4 Å². The van der Waals surface area contributed by atoms with Crippen molar-refractivity contribution < 1.29 is 8.42 Å². The van der Waals surface area contributed by atoms with Crippen LogP contribution in [-0.4, -0.2) is 51.0 Å². The Morgan fingerprint density at radius 3 is 2.88 bits per heavy atom. The van der Waals surface area contributed by atoms with E-state index in [4.69, 9.17) is 4.98 Å². The number of aryl methyl sites for hydroxylation is 2. The average molecular weight is 371 g/mol. The molecule has 1 saturated heterocycles. The lowest BCUT2D eigenvalue weighted by atomic mass is 10.0. The molecule has 0 spiro atoms. The zero-order valence-corrected chi connectivity index (χ0v) is 15.8. The third-order valence-electron chi connectivity index (χ3n) is 4.63. The van der Waals surface area contributed by atoms with Crippen molar-refractivity contribution in [2.45, 2.75) is 38.5 Å². The Morgan fingerprint density at radius 1 is 1.33 bits per heavy atom. The predicted molar refractivity (Wildman–Crippen MR) is 98.6 cm³/mol. The van der Waals surface area contributed by atoms with Gasteiger partial charge in [0.15, 0.2) is 15.8 Å². The van der Waals surface area contributed by atoms with E-state index in [9.17, 15) is 8.42 Å². The van der Waals surface area contributed by atoms with Crippen LogP contribution in [0, 0.1) is 5.92 Å². The molecule has 2 aliphatic rings. The minimum atomic E-state index is -2.81. The van der Waals surface area contributed by atoms with Gasteiger partial charge in [0.2, 0.25) is 0 Å². The Bertz CT molecular complexity index is 673. The number of aliphatic imine (C=N–C) groups is 1. The van der Waals surface area contributed by atoms with E-state index in [2.05, 4.69) is 15.6 Å². The van der Waals surface area contributed by atoms with Crippen LogP contribution in [0.5, 0.6) is 0 Å². The molecule has 0 bridgehead atoms. The van der Waals surface area contributed by atoms with Crippen LogP contribution in [0.2, 0.25) is 0 Å². The highest BCUT2D eigenvalue weighted by Crippen LogP contribution is 2.26. The summed E-state index contributed by atoms with van der Waals surface area (Å²) in [6.45, 7) is 1.44. The summed E-state index contributed by atoms with van der Waals surface area (Å²) in [6, 6.07) is 0. The molecule has 1 atom stereocenters. The van der Waals surface area contributed by atoms with Gasteiger partial charge >= 0.3 is 0 Å². The molecule has 8 heteroatoms. The van der Waals surface area contributed by atoms with Crippen LogP contribution in [0.3, 0.4) is 0 Å². The highest BCUT2D eigenvalue weighted by Gasteiger charge is 2.27. The molecule has 2 N–H and O–H groups in total. The SMILES string of the molecule is CN=C(NCCc1nc2c(s1)CCCC2)NCC1CCS(=O)(=O)C1. The molecule has 0 aromatic carbocycles. The zero-order chi connectivity index (χ0) is 17.0. The standard InChI is InChI=1S/C16H26N4O2S2/c1-17-16(19-10-12-7-9-24(21,22)11-12)18-8-6-15-20-13-4-2-3-5-14(13)23-15/h12H,2-11H2,1H3,(H2,17,18,19). The Hall–Kier alpha value is -1.15. The van der Waals surface area contributed by atoms with Crippen molar-refractivity contribution in [3.8, 4) is 0 Å². The number of fused-ring (bicyclic) bond motifs is 1. The van der Waals surface area contributed by atoms with Crippen molar-refractivity contribution in [2.24, 2.45) is 10.9 Å². The summed E-state index contributed by atoms with van der Waals surface area (Å²) in [4.78, 5) is 10.4. The Morgan fingerprint density at radius 2 is 2.17 bits per heavy atom. The second-order valence-corrected chi connectivity index (χ2v) is 9.98. The van der Waals surface area contributed by atoms with E-state index in [0.29, 0.717) is 18.1 Å². The molecule has 24 heavy (non-hydrogen) atoms. The number of hydrogen-bond acceptors (Lipinski definition) is 5. The highest BCUT2D eigenvalue weighted by molar-refractivity contribution is 7.91. The van der Waals surface area contributed by atoms with Crippen molar-refractivity contribution in [3.63, 3.8) is 0 Å². The van der Waals surface area contributed by atoms with E-state index in [1.54, 1.807) is 7.05 Å². The van der Waals surface area contributed by atoms with Crippen LogP contribution in [-0.2, 0) is 29.1 Å². The molecule has 0 radical (unpaired) electrons. The Kier molecular flexibility index (Phi) is 5.76. The summed E-state index contributed by atoms with van der Waals surface area (Å²) in [5.74, 6) is 1.54. The van der Waals surface area contributed by atoms with Gasteiger partial charge in [-0.25, -0.2) is 13.4 Å². The number of sulfone groups is 1. The van der Waals surface area contributed by atoms with E-state index >= 15 is 0 Å². The molecule has 1 fully saturated rings. The summed E-state index contributed by atoms with van der Waals surface area (Å²) in [5.41, 5.74) is 1.31. The molecule has 1 unspecified atom stereocenters. The number of aromatic nitrogens is 1. The fourth-order valence-corrected chi connectivity index (χ4v) is 6.31. The minimum absolute atomic E-state index is 0.194. The molecule has 1 aromatic heterocycles. The number of rotatable bonds is 5. The van der Waals surface area contributed by atoms with Crippen molar-refractivity contribution in [1.29, 1.82) is 0 Å². The lowest BCUT2D eigenvalue weighted by molar-refractivity contribution is 0.567. The van der Waals surface area contributed by atoms with Crippen LogP contribution in [0.25, 0.3) is 0 Å². The molecule has 1 aliphatic heterocycles. The summed E-state index contributed by atoms with van der Waals surface area (Å²) in [6.07, 6.45) is 6.52. The summed E-state index contributed by atoms with van der Waals surface area (Å²) < 4.78 is 23.0. The average Bonchev–Trinajstić information content (AvgIpc) is 3.12. The second kappa shape index (κ2) is 7.82. The number of guanidine groups is 1. The van der Waals surface area contributed by atoms with Gasteiger partial charge in [0.25, 0.3) is 0 Å². The van der Waals surface area contributed by atoms with Crippen LogP contribution >= 0.6 is 11.3 Å². The van der Waals surface area contributed by atoms with E-state index < -0.39 is 9.84 Å². The molecule has 134 valence electrons. The van der Waals surface area contributed by atoms with E-state index in [1.165, 1.54) is 34.8 Å². The van der Waals surface area contributed by atoms with Gasteiger partial charge in [-0.05, 0) is 38.0 Å². The highest BCUT2D eigenvalue weighted by atomic mass is 32.2. The van der Waals surface area contributed by atoms with Crippen LogP contribution < -0.4 is 10.6 Å². The quantitative estimate of drug-likeness (QED) is 0.600. The van der Waals surface area contributed by atoms with Gasteiger partial charge in [-0.2, -0.15) is 0 Å². The molecular weight excluding hydrogens is 344 g/mol. The lowest BCUT2D eigenvalue weighted by Crippen LogP contribution is -2.40. The summed E-state index contributed by atoms with van der Waals surface area (Å²) in [7, 11) is -1.07. The van der Waals surface area contributed by atoms with Gasteiger partial charge in [0.05, 0.1) is 22.2 Å². The van der Waals surface area contributed by atoms with Gasteiger partial charge in [-0.15, -0.1) is 11.3 Å². The molecule has 3 rings (SSSR count). The first-order chi connectivity index (χ1) is 11.6. The van der Waals surface area contributed by atoms with Gasteiger partial charge in [-0.3, -0.25) is 4.99 Å². The van der Waals surface area contributed by atoms with E-state index in [0.717, 1.165) is 31.8 Å². The first-order valence-electron chi connectivity index (χ1n) is 8.68. The van der Waals surface area contributed by atoms with E-state index in [-0.39, 0.29) is 5.92 Å². The largest absolute Gasteiger partial charge is 0.356 e. The maximum absolute atomic E-state index is 11.5. The van der Waals surface area contributed by atoms with Crippen molar-refractivity contribution in [2.75, 3.05) is 31.6 Å². The maximum atomic E-state index is 11.5. The normalized spacial score (nSPS) is 23.0. The van der Waals surface area contributed by atoms with Crippen molar-refractivity contribution in [1.82, 2.24) is 15.6 Å². The van der Waals surface area contributed by atoms with Crippen LogP contribution in [0.1, 0.15) is 34.8 Å². The third kappa shape index (κ3) is 4.69. The molecule has 1 aliphatic carbocycles. The molecule has 0 saturated carbocycles. The van der Waals surface area contributed by atoms with Gasteiger partial charge in [-0.1, -0.05) is 0 Å². The molecule has 2 heterocycles. The van der Waals surface area contributed by atoms with Gasteiger partial charge in [0, 0.05) is 31.4 Å². The van der Waals surface area contributed by atoms with Crippen molar-refractivity contribution in [3.05, 3.63) is 15.6 Å². The fraction of sp³-hybridized carbons (Fsp3) is 0.750. The molecule has 1 aromatic rings. The number of hydrogen-bond donors (Lipinski definition) is 2. The number of nitrogens with one attached hydrogen (secondary N) is 2. The van der Waals surface area contributed by atoms with Crippen LogP contribution in [0.15, 0.2) is 4.99 Å². The smallest absolute Gasteiger partial charge is 0.190 e. The first-order valence-corrected chi connectivity index (χ1v) is 11.3. The summed E-state index contributed by atoms with van der Waals surface area (Å²) in [5, 5.41) is 7.74. The predicted octanol–water partition coefficient (Wildman–Crippen LogP) is 1.16. The second-order valence-electron chi connectivity index (χ2n) is 6.58. The lowest BCUT2D eigenvalue weighted by Gasteiger charge is -2.14. The van der Waals surface area contributed by atoms with Crippen LogP contribution in [0.4, 0.5) is 0 Å². The van der Waals surface area contributed by atoms with Gasteiger partial charge in [0.1, 0.15) is 0 Å².